The summed E-state index contributed by atoms with van der Waals surface area (Å²) in [7, 11) is 1.48. The van der Waals surface area contributed by atoms with Crippen LogP contribution in [0.5, 0.6) is 11.5 Å². The number of carbonyl (C=O) groups excluding carboxylic acids is 2. The number of hydrogen-bond donors (Lipinski definition) is 2. The predicted octanol–water partition coefficient (Wildman–Crippen LogP) is 2.43. The van der Waals surface area contributed by atoms with Crippen molar-refractivity contribution in [3.63, 3.8) is 0 Å². The summed E-state index contributed by atoms with van der Waals surface area (Å²) in [6.45, 7) is -0.252. The summed E-state index contributed by atoms with van der Waals surface area (Å²) in [5, 5.41) is 10.8. The van der Waals surface area contributed by atoms with Gasteiger partial charge in [0.25, 0.3) is 5.91 Å². The van der Waals surface area contributed by atoms with E-state index in [0.29, 0.717) is 21.4 Å². The number of methoxy groups -OCH3 is 1. The molecule has 2 heterocycles. The SMILES string of the molecule is COc1cc(/C=C2\SC(=N)[C@H](c3nccs3)C2=O)ccc1OCC(N)=O. The number of thiazole rings is 1. The van der Waals surface area contributed by atoms with Gasteiger partial charge in [-0.25, -0.2) is 4.98 Å². The molecule has 1 aliphatic rings. The van der Waals surface area contributed by atoms with Gasteiger partial charge in [0.15, 0.2) is 23.9 Å². The quantitative estimate of drug-likeness (QED) is 0.733. The summed E-state index contributed by atoms with van der Waals surface area (Å²) in [6.07, 6.45) is 3.33. The van der Waals surface area contributed by atoms with Crippen molar-refractivity contribution in [3.8, 4) is 11.5 Å². The molecule has 2 aromatic rings. The maximum absolute atomic E-state index is 12.6. The van der Waals surface area contributed by atoms with Crippen LogP contribution in [0, 0.1) is 5.41 Å². The Hall–Kier alpha value is -2.65. The van der Waals surface area contributed by atoms with Crippen molar-refractivity contribution in [1.82, 2.24) is 4.98 Å². The minimum absolute atomic E-state index is 0.136. The topological polar surface area (TPSA) is 115 Å². The van der Waals surface area contributed by atoms with Gasteiger partial charge in [0.1, 0.15) is 10.9 Å². The molecule has 1 amide bonds. The number of amides is 1. The highest BCUT2D eigenvalue weighted by Gasteiger charge is 2.38. The van der Waals surface area contributed by atoms with E-state index in [4.69, 9.17) is 20.6 Å². The molecule has 3 rings (SSSR count). The molecule has 1 aliphatic heterocycles. The standard InChI is InChI=1S/C17H15N3O4S2/c1-23-11-6-9(2-3-10(11)24-8-13(18)21)7-12-15(22)14(16(19)26-12)17-20-4-5-25-17/h2-7,14,19H,8H2,1H3,(H2,18,21)/b12-7-,19-16?/t14-/m1/s1. The van der Waals surface area contributed by atoms with Gasteiger partial charge in [-0.2, -0.15) is 0 Å². The number of nitrogens with zero attached hydrogens (tertiary/aromatic N) is 1. The van der Waals surface area contributed by atoms with Gasteiger partial charge >= 0.3 is 0 Å². The number of allylic oxidation sites excluding steroid dienone is 1. The number of Topliss-reactive ketones (excluding diaryl/α,β-unsaturated/α-hetero) is 1. The molecule has 0 saturated carbocycles. The monoisotopic (exact) mass is 389 g/mol. The number of aromatic nitrogens is 1. The van der Waals surface area contributed by atoms with Crippen molar-refractivity contribution < 1.29 is 19.1 Å². The number of thioether (sulfide) groups is 1. The Morgan fingerprint density at radius 2 is 2.23 bits per heavy atom. The zero-order chi connectivity index (χ0) is 18.7. The normalized spacial score (nSPS) is 18.3. The fourth-order valence-electron chi connectivity index (χ4n) is 2.38. The lowest BCUT2D eigenvalue weighted by atomic mass is 10.0. The summed E-state index contributed by atoms with van der Waals surface area (Å²) < 4.78 is 10.5. The lowest BCUT2D eigenvalue weighted by molar-refractivity contribution is -0.120. The molecular formula is C17H15N3O4S2. The van der Waals surface area contributed by atoms with Crippen molar-refractivity contribution in [1.29, 1.82) is 5.41 Å². The first kappa shape index (κ1) is 18.2. The first-order valence-electron chi connectivity index (χ1n) is 7.50. The minimum atomic E-state index is -0.619. The van der Waals surface area contributed by atoms with Gasteiger partial charge in [-0.3, -0.25) is 15.0 Å². The fourth-order valence-corrected chi connectivity index (χ4v) is 4.19. The lowest BCUT2D eigenvalue weighted by Crippen LogP contribution is -2.20. The second-order valence-electron chi connectivity index (χ2n) is 5.31. The molecule has 0 bridgehead atoms. The summed E-state index contributed by atoms with van der Waals surface area (Å²) in [5.74, 6) is -0.540. The molecule has 0 radical (unpaired) electrons. The van der Waals surface area contributed by atoms with Crippen LogP contribution in [0.1, 0.15) is 16.5 Å². The summed E-state index contributed by atoms with van der Waals surface area (Å²) in [5.41, 5.74) is 5.79. The van der Waals surface area contributed by atoms with E-state index in [9.17, 15) is 9.59 Å². The van der Waals surface area contributed by atoms with E-state index in [1.54, 1.807) is 35.9 Å². The third kappa shape index (κ3) is 3.78. The molecule has 7 nitrogen and oxygen atoms in total. The van der Waals surface area contributed by atoms with E-state index in [2.05, 4.69) is 4.98 Å². The highest BCUT2D eigenvalue weighted by Crippen LogP contribution is 2.41. The Morgan fingerprint density at radius 3 is 2.88 bits per heavy atom. The number of carbonyl (C=O) groups is 2. The van der Waals surface area contributed by atoms with Crippen LogP contribution in [0.3, 0.4) is 0 Å². The molecule has 9 heteroatoms. The molecule has 1 atom stereocenters. The van der Waals surface area contributed by atoms with E-state index in [0.717, 1.165) is 17.3 Å². The van der Waals surface area contributed by atoms with Crippen molar-refractivity contribution in [3.05, 3.63) is 45.3 Å². The van der Waals surface area contributed by atoms with Gasteiger partial charge in [0.2, 0.25) is 0 Å². The highest BCUT2D eigenvalue weighted by atomic mass is 32.2. The minimum Gasteiger partial charge on any atom is -0.493 e. The Morgan fingerprint density at radius 1 is 1.42 bits per heavy atom. The van der Waals surface area contributed by atoms with Crippen LogP contribution < -0.4 is 15.2 Å². The number of primary amides is 1. The largest absolute Gasteiger partial charge is 0.493 e. The Kier molecular flexibility index (Phi) is 5.38. The zero-order valence-electron chi connectivity index (χ0n) is 13.7. The van der Waals surface area contributed by atoms with E-state index in [1.807, 2.05) is 0 Å². The molecule has 0 unspecified atom stereocenters. The molecule has 1 saturated heterocycles. The van der Waals surface area contributed by atoms with E-state index < -0.39 is 11.8 Å². The number of ether oxygens (including phenoxy) is 2. The van der Waals surface area contributed by atoms with Crippen molar-refractivity contribution in [2.75, 3.05) is 13.7 Å². The molecule has 3 N–H and O–H groups in total. The number of benzene rings is 1. The van der Waals surface area contributed by atoms with E-state index in [1.165, 1.54) is 18.4 Å². The summed E-state index contributed by atoms with van der Waals surface area (Å²) >= 11 is 2.50. The van der Waals surface area contributed by atoms with Gasteiger partial charge in [0, 0.05) is 11.6 Å². The number of rotatable bonds is 6. The van der Waals surface area contributed by atoms with Crippen LogP contribution in [-0.4, -0.2) is 35.4 Å². The smallest absolute Gasteiger partial charge is 0.255 e. The van der Waals surface area contributed by atoms with Gasteiger partial charge < -0.3 is 15.2 Å². The maximum Gasteiger partial charge on any atom is 0.255 e. The Bertz CT molecular complexity index is 893. The summed E-state index contributed by atoms with van der Waals surface area (Å²) in [6, 6.07) is 5.07. The van der Waals surface area contributed by atoms with Crippen LogP contribution in [0.4, 0.5) is 0 Å². The zero-order valence-corrected chi connectivity index (χ0v) is 15.4. The third-order valence-corrected chi connectivity index (χ3v) is 5.38. The van der Waals surface area contributed by atoms with Crippen molar-refractivity contribution in [2.24, 2.45) is 5.73 Å². The molecule has 0 aliphatic carbocycles. The number of ketones is 1. The van der Waals surface area contributed by atoms with Crippen LogP contribution in [0.25, 0.3) is 6.08 Å². The molecular weight excluding hydrogens is 374 g/mol. The van der Waals surface area contributed by atoms with Crippen LogP contribution in [-0.2, 0) is 9.59 Å². The van der Waals surface area contributed by atoms with Gasteiger partial charge in [-0.15, -0.1) is 11.3 Å². The van der Waals surface area contributed by atoms with Crippen LogP contribution in [0.15, 0.2) is 34.7 Å². The molecule has 1 fully saturated rings. The van der Waals surface area contributed by atoms with Crippen molar-refractivity contribution >= 4 is 45.9 Å². The van der Waals surface area contributed by atoms with E-state index in [-0.39, 0.29) is 17.4 Å². The molecule has 26 heavy (non-hydrogen) atoms. The first-order chi connectivity index (χ1) is 12.5. The lowest BCUT2D eigenvalue weighted by Gasteiger charge is -2.10. The van der Waals surface area contributed by atoms with Crippen molar-refractivity contribution in [2.45, 2.75) is 5.92 Å². The van der Waals surface area contributed by atoms with Gasteiger partial charge in [0.05, 0.1) is 17.1 Å². The first-order valence-corrected chi connectivity index (χ1v) is 9.20. The second kappa shape index (κ2) is 7.71. The Balaban J connectivity index is 1.84. The Labute approximate surface area is 157 Å². The second-order valence-corrected chi connectivity index (χ2v) is 7.32. The third-order valence-electron chi connectivity index (χ3n) is 3.54. The van der Waals surface area contributed by atoms with Crippen LogP contribution in [0.2, 0.25) is 0 Å². The number of nitrogens with two attached hydrogens (primary N) is 1. The van der Waals surface area contributed by atoms with Crippen LogP contribution >= 0.6 is 23.1 Å². The molecule has 134 valence electrons. The highest BCUT2D eigenvalue weighted by molar-refractivity contribution is 8.19. The van der Waals surface area contributed by atoms with E-state index >= 15 is 0 Å². The average molecular weight is 389 g/mol. The fraction of sp³-hybridized carbons (Fsp3) is 0.176. The number of hydrogen-bond acceptors (Lipinski definition) is 8. The maximum atomic E-state index is 12.6. The summed E-state index contributed by atoms with van der Waals surface area (Å²) in [4.78, 5) is 28.1. The molecule has 0 spiro atoms. The van der Waals surface area contributed by atoms with Gasteiger partial charge in [-0.1, -0.05) is 17.8 Å². The molecule has 1 aromatic heterocycles. The average Bonchev–Trinajstić information content (AvgIpc) is 3.22. The number of nitrogens with one attached hydrogen (secondary N) is 1. The van der Waals surface area contributed by atoms with Gasteiger partial charge in [-0.05, 0) is 23.8 Å². The molecule has 1 aromatic carbocycles. The predicted molar refractivity (Wildman–Crippen MR) is 101 cm³/mol.